The number of hydrogen-bond donors (Lipinski definition) is 0. The molecular weight excluding hydrogens is 497 g/mol. The van der Waals surface area contributed by atoms with Gasteiger partial charge in [-0.2, -0.15) is 0 Å². The van der Waals surface area contributed by atoms with Crippen molar-refractivity contribution in [3.63, 3.8) is 0 Å². The summed E-state index contributed by atoms with van der Waals surface area (Å²) in [6, 6.07) is 18.5. The van der Waals surface area contributed by atoms with Gasteiger partial charge in [-0.15, -0.1) is 0 Å². The second-order valence-corrected chi connectivity index (χ2v) is 9.96. The fraction of sp³-hybridized carbons (Fsp3) is 0.357. The van der Waals surface area contributed by atoms with Crippen molar-refractivity contribution >= 4 is 35.0 Å². The third-order valence-electron chi connectivity index (χ3n) is 5.76. The average molecular weight is 530 g/mol. The zero-order valence-electron chi connectivity index (χ0n) is 21.0. The lowest BCUT2D eigenvalue weighted by Crippen LogP contribution is -2.45. The van der Waals surface area contributed by atoms with E-state index in [2.05, 4.69) is 18.4 Å². The minimum atomic E-state index is -0.255. The highest BCUT2D eigenvalue weighted by atomic mass is 35.5. The Morgan fingerprint density at radius 2 is 1.78 bits per heavy atom. The van der Waals surface area contributed by atoms with Crippen LogP contribution in [0.1, 0.15) is 35.5 Å². The molecule has 0 atom stereocenters. The number of aromatic nitrogens is 1. The molecule has 0 spiro atoms. The lowest BCUT2D eigenvalue weighted by Gasteiger charge is -2.29. The fourth-order valence-electron chi connectivity index (χ4n) is 3.97. The first-order valence-corrected chi connectivity index (χ1v) is 12.7. The summed E-state index contributed by atoms with van der Waals surface area (Å²) < 4.78 is 7.30. The van der Waals surface area contributed by atoms with E-state index >= 15 is 0 Å². The molecule has 192 valence electrons. The van der Waals surface area contributed by atoms with E-state index in [0.29, 0.717) is 48.4 Å². The molecule has 6 nitrogen and oxygen atoms in total. The number of halogens is 2. The molecule has 8 heteroatoms. The normalized spacial score (nSPS) is 11.1. The van der Waals surface area contributed by atoms with E-state index < -0.39 is 0 Å². The summed E-state index contributed by atoms with van der Waals surface area (Å²) in [7, 11) is 1.57. The maximum absolute atomic E-state index is 13.5. The number of amides is 2. The minimum Gasteiger partial charge on any atom is -0.383 e. The van der Waals surface area contributed by atoms with Crippen molar-refractivity contribution in [1.82, 2.24) is 14.4 Å². The van der Waals surface area contributed by atoms with Crippen LogP contribution in [-0.4, -0.2) is 59.5 Å². The number of ether oxygens (including phenoxy) is 1. The zero-order valence-corrected chi connectivity index (χ0v) is 22.5. The van der Waals surface area contributed by atoms with Crippen LogP contribution in [0.25, 0.3) is 0 Å². The smallest absolute Gasteiger partial charge is 0.254 e. The van der Waals surface area contributed by atoms with Crippen molar-refractivity contribution < 1.29 is 14.3 Å². The van der Waals surface area contributed by atoms with Crippen molar-refractivity contribution in [3.8, 4) is 0 Å². The summed E-state index contributed by atoms with van der Waals surface area (Å²) >= 11 is 12.5. The van der Waals surface area contributed by atoms with Crippen LogP contribution in [0, 0.1) is 5.92 Å². The third kappa shape index (κ3) is 7.85. The number of carbonyl (C=O) groups is 2. The first-order chi connectivity index (χ1) is 17.3. The highest BCUT2D eigenvalue weighted by Crippen LogP contribution is 2.19. The zero-order chi connectivity index (χ0) is 26.1. The van der Waals surface area contributed by atoms with Crippen LogP contribution in [0.4, 0.5) is 0 Å². The predicted molar refractivity (Wildman–Crippen MR) is 144 cm³/mol. The Morgan fingerprint density at radius 1 is 1.00 bits per heavy atom. The van der Waals surface area contributed by atoms with Crippen LogP contribution in [0.5, 0.6) is 0 Å². The molecule has 0 saturated heterocycles. The van der Waals surface area contributed by atoms with Gasteiger partial charge in [0.1, 0.15) is 6.54 Å². The molecule has 0 bridgehead atoms. The maximum Gasteiger partial charge on any atom is 0.254 e. The Balaban J connectivity index is 1.78. The Labute approximate surface area is 223 Å². The van der Waals surface area contributed by atoms with E-state index in [1.807, 2.05) is 47.5 Å². The Bertz CT molecular complexity index is 1160. The minimum absolute atomic E-state index is 0.0490. The molecular formula is C28H33Cl2N3O3. The Kier molecular flexibility index (Phi) is 10.4. The van der Waals surface area contributed by atoms with Crippen LogP contribution in [0.15, 0.2) is 66.9 Å². The van der Waals surface area contributed by atoms with E-state index in [0.717, 1.165) is 11.3 Å². The van der Waals surface area contributed by atoms with Crippen LogP contribution < -0.4 is 0 Å². The van der Waals surface area contributed by atoms with Gasteiger partial charge in [0.25, 0.3) is 5.91 Å². The van der Waals surface area contributed by atoms with Gasteiger partial charge >= 0.3 is 0 Å². The largest absolute Gasteiger partial charge is 0.383 e. The molecule has 0 radical (unpaired) electrons. The topological polar surface area (TPSA) is 54.8 Å². The lowest BCUT2D eigenvalue weighted by molar-refractivity contribution is -0.133. The molecule has 0 aliphatic rings. The third-order valence-corrected chi connectivity index (χ3v) is 6.37. The second-order valence-electron chi connectivity index (χ2n) is 9.12. The summed E-state index contributed by atoms with van der Waals surface area (Å²) in [5.74, 6) is -0.118. The lowest BCUT2D eigenvalue weighted by atomic mass is 10.1. The van der Waals surface area contributed by atoms with Crippen LogP contribution in [0.2, 0.25) is 10.0 Å². The monoisotopic (exact) mass is 529 g/mol. The van der Waals surface area contributed by atoms with Gasteiger partial charge in [0.05, 0.1) is 13.2 Å². The van der Waals surface area contributed by atoms with Crippen LogP contribution in [-0.2, 0) is 22.6 Å². The molecule has 1 aromatic heterocycles. The molecule has 3 rings (SSSR count). The predicted octanol–water partition coefficient (Wildman–Crippen LogP) is 5.62. The number of nitrogens with zero attached hydrogens (tertiary/aromatic N) is 3. The number of hydrogen-bond acceptors (Lipinski definition) is 3. The molecule has 0 fully saturated rings. The quantitative estimate of drug-likeness (QED) is 0.306. The standard InChI is InChI=1S/C28H33Cl2N3O3/c1-21(2)17-33(19-25-11-7-13-31(25)18-23-8-4-5-12-26(23)30)27(34)20-32(14-15-36-3)28(35)22-9-6-10-24(29)16-22/h4-13,16,21H,14-15,17-20H2,1-3H3. The van der Waals surface area contributed by atoms with Gasteiger partial charge in [0.2, 0.25) is 5.91 Å². The van der Waals surface area contributed by atoms with Gasteiger partial charge < -0.3 is 19.1 Å². The van der Waals surface area contributed by atoms with Crippen molar-refractivity contribution in [2.24, 2.45) is 5.92 Å². The summed E-state index contributed by atoms with van der Waals surface area (Å²) in [6.07, 6.45) is 1.99. The van der Waals surface area contributed by atoms with E-state index in [4.69, 9.17) is 27.9 Å². The highest BCUT2D eigenvalue weighted by molar-refractivity contribution is 6.31. The van der Waals surface area contributed by atoms with Crippen molar-refractivity contribution in [3.05, 3.63) is 93.7 Å². The van der Waals surface area contributed by atoms with Crippen molar-refractivity contribution in [1.29, 1.82) is 0 Å². The summed E-state index contributed by atoms with van der Waals surface area (Å²) in [6.45, 7) is 6.32. The van der Waals surface area contributed by atoms with Gasteiger partial charge in [-0.05, 0) is 47.9 Å². The second kappa shape index (κ2) is 13.5. The van der Waals surface area contributed by atoms with Gasteiger partial charge in [-0.25, -0.2) is 0 Å². The molecule has 0 aliphatic heterocycles. The van der Waals surface area contributed by atoms with Gasteiger partial charge in [0, 0.05) is 54.2 Å². The molecule has 0 N–H and O–H groups in total. The van der Waals surface area contributed by atoms with Crippen LogP contribution in [0.3, 0.4) is 0 Å². The van der Waals surface area contributed by atoms with Crippen molar-refractivity contribution in [2.45, 2.75) is 26.9 Å². The van der Waals surface area contributed by atoms with Crippen molar-refractivity contribution in [2.75, 3.05) is 33.4 Å². The molecule has 2 aromatic carbocycles. The molecule has 0 saturated carbocycles. The molecule has 0 unspecified atom stereocenters. The number of benzene rings is 2. The van der Waals surface area contributed by atoms with Gasteiger partial charge in [-0.1, -0.05) is 61.3 Å². The first kappa shape index (κ1) is 27.8. The Hall–Kier alpha value is -2.80. The van der Waals surface area contributed by atoms with E-state index in [9.17, 15) is 9.59 Å². The highest BCUT2D eigenvalue weighted by Gasteiger charge is 2.24. The number of methoxy groups -OCH3 is 1. The Morgan fingerprint density at radius 3 is 2.47 bits per heavy atom. The van der Waals surface area contributed by atoms with Gasteiger partial charge in [-0.3, -0.25) is 9.59 Å². The maximum atomic E-state index is 13.5. The summed E-state index contributed by atoms with van der Waals surface area (Å²) in [5, 5.41) is 1.18. The summed E-state index contributed by atoms with van der Waals surface area (Å²) in [4.78, 5) is 30.1. The van der Waals surface area contributed by atoms with E-state index in [1.165, 1.54) is 4.90 Å². The number of rotatable bonds is 12. The summed E-state index contributed by atoms with van der Waals surface area (Å²) in [5.41, 5.74) is 2.44. The molecule has 1 heterocycles. The molecule has 36 heavy (non-hydrogen) atoms. The fourth-order valence-corrected chi connectivity index (χ4v) is 4.36. The number of carbonyl (C=O) groups excluding carboxylic acids is 2. The van der Waals surface area contributed by atoms with E-state index in [-0.39, 0.29) is 24.3 Å². The van der Waals surface area contributed by atoms with Crippen LogP contribution >= 0.6 is 23.2 Å². The molecule has 2 amide bonds. The van der Waals surface area contributed by atoms with Gasteiger partial charge in [0.15, 0.2) is 0 Å². The molecule has 0 aliphatic carbocycles. The average Bonchev–Trinajstić information content (AvgIpc) is 3.28. The first-order valence-electron chi connectivity index (χ1n) is 12.0. The van der Waals surface area contributed by atoms with E-state index in [1.54, 1.807) is 31.4 Å². The SMILES string of the molecule is COCCN(CC(=O)N(Cc1cccn1Cc1ccccc1Cl)CC(C)C)C(=O)c1cccc(Cl)c1. The molecule has 3 aromatic rings.